The molecule has 172 valence electrons. The molecule has 0 fully saturated rings. The highest BCUT2D eigenvalue weighted by atomic mass is 35.5. The standard InChI is InChI=1S/C25H20ClN3O4S/c1-14(2)10-21(30)29-24-22(18(13-34-24)15-6-4-3-5-7-15)25(32)33-12-20-27-19-11-16(26)8-9-17(19)23(31)28-20/h3-11,13H,12H2,1-2H3,(H,29,30)(H,27,28,31). The summed E-state index contributed by atoms with van der Waals surface area (Å²) in [5.74, 6) is -0.811. The topological polar surface area (TPSA) is 101 Å². The number of halogens is 1. The predicted molar refractivity (Wildman–Crippen MR) is 134 cm³/mol. The number of thiophene rings is 1. The van der Waals surface area contributed by atoms with Crippen molar-refractivity contribution in [3.8, 4) is 11.1 Å². The quantitative estimate of drug-likeness (QED) is 0.270. The van der Waals surface area contributed by atoms with Crippen LogP contribution >= 0.6 is 22.9 Å². The number of nitrogens with one attached hydrogen (secondary N) is 2. The van der Waals surface area contributed by atoms with E-state index >= 15 is 0 Å². The molecule has 0 spiro atoms. The summed E-state index contributed by atoms with van der Waals surface area (Å²) in [5.41, 5.74) is 2.54. The minimum atomic E-state index is -0.651. The number of esters is 1. The predicted octanol–water partition coefficient (Wildman–Crippen LogP) is 5.57. The molecule has 7 nitrogen and oxygen atoms in total. The first-order chi connectivity index (χ1) is 16.3. The summed E-state index contributed by atoms with van der Waals surface area (Å²) in [6.45, 7) is 3.36. The SMILES string of the molecule is CC(C)=CC(=O)Nc1scc(-c2ccccc2)c1C(=O)OCc1nc2cc(Cl)ccc2c(=O)[nH]1. The van der Waals surface area contributed by atoms with Crippen LogP contribution in [-0.4, -0.2) is 21.8 Å². The summed E-state index contributed by atoms with van der Waals surface area (Å²) in [6.07, 6.45) is 1.45. The van der Waals surface area contributed by atoms with Crippen LogP contribution in [0.3, 0.4) is 0 Å². The maximum atomic E-state index is 13.2. The molecular weight excluding hydrogens is 474 g/mol. The number of aromatic nitrogens is 2. The second-order valence-corrected chi connectivity index (χ2v) is 9.00. The third-order valence-corrected chi connectivity index (χ3v) is 5.92. The molecule has 9 heteroatoms. The Bertz CT molecular complexity index is 1470. The Labute approximate surface area is 204 Å². The zero-order valence-corrected chi connectivity index (χ0v) is 19.9. The Morgan fingerprint density at radius 3 is 2.68 bits per heavy atom. The molecule has 2 N–H and O–H groups in total. The second-order valence-electron chi connectivity index (χ2n) is 7.68. The molecule has 34 heavy (non-hydrogen) atoms. The fourth-order valence-electron chi connectivity index (χ4n) is 3.33. The second kappa shape index (κ2) is 10.0. The number of allylic oxidation sites excluding steroid dienone is 1. The molecule has 0 atom stereocenters. The van der Waals surface area contributed by atoms with Gasteiger partial charge in [-0.3, -0.25) is 9.59 Å². The van der Waals surface area contributed by atoms with Crippen molar-refractivity contribution in [2.45, 2.75) is 20.5 Å². The molecule has 0 aliphatic carbocycles. The number of hydrogen-bond acceptors (Lipinski definition) is 6. The molecule has 4 aromatic rings. The lowest BCUT2D eigenvalue weighted by Crippen LogP contribution is -2.16. The molecule has 0 unspecified atom stereocenters. The number of hydrogen-bond donors (Lipinski definition) is 2. The van der Waals surface area contributed by atoms with Gasteiger partial charge in [-0.2, -0.15) is 0 Å². The average molecular weight is 494 g/mol. The molecular formula is C25H20ClN3O4S. The lowest BCUT2D eigenvalue weighted by atomic mass is 10.0. The van der Waals surface area contributed by atoms with Gasteiger partial charge in [0.2, 0.25) is 5.91 Å². The van der Waals surface area contributed by atoms with Crippen LogP contribution in [0.4, 0.5) is 5.00 Å². The van der Waals surface area contributed by atoms with Gasteiger partial charge in [0, 0.05) is 22.0 Å². The van der Waals surface area contributed by atoms with Crippen LogP contribution in [0.15, 0.2) is 70.4 Å². The Kier molecular flexibility index (Phi) is 6.90. The molecule has 0 aliphatic heterocycles. The van der Waals surface area contributed by atoms with E-state index in [0.29, 0.717) is 26.5 Å². The van der Waals surface area contributed by atoms with Crippen LogP contribution in [0.1, 0.15) is 30.0 Å². The summed E-state index contributed by atoms with van der Waals surface area (Å²) in [7, 11) is 0. The Balaban J connectivity index is 1.64. The van der Waals surface area contributed by atoms with Crippen LogP contribution in [-0.2, 0) is 16.1 Å². The molecule has 4 rings (SSSR count). The number of nitrogens with zero attached hydrogens (tertiary/aromatic N) is 1. The lowest BCUT2D eigenvalue weighted by molar-refractivity contribution is -0.111. The summed E-state index contributed by atoms with van der Waals surface area (Å²) in [5, 5.41) is 5.76. The van der Waals surface area contributed by atoms with E-state index in [0.717, 1.165) is 11.1 Å². The van der Waals surface area contributed by atoms with Crippen molar-refractivity contribution in [2.75, 3.05) is 5.32 Å². The van der Waals surface area contributed by atoms with Crippen LogP contribution in [0.5, 0.6) is 0 Å². The van der Waals surface area contributed by atoms with Crippen LogP contribution in [0.25, 0.3) is 22.0 Å². The van der Waals surface area contributed by atoms with Gasteiger partial charge in [0.25, 0.3) is 5.56 Å². The van der Waals surface area contributed by atoms with Crippen LogP contribution in [0, 0.1) is 0 Å². The van der Waals surface area contributed by atoms with Gasteiger partial charge in [-0.05, 0) is 37.6 Å². The Morgan fingerprint density at radius 1 is 1.18 bits per heavy atom. The minimum absolute atomic E-state index is 0.180. The van der Waals surface area contributed by atoms with Crippen LogP contribution < -0.4 is 10.9 Å². The fourth-order valence-corrected chi connectivity index (χ4v) is 4.46. The third kappa shape index (κ3) is 5.24. The van der Waals surface area contributed by atoms with Crippen molar-refractivity contribution in [2.24, 2.45) is 0 Å². The van der Waals surface area contributed by atoms with Gasteiger partial charge >= 0.3 is 5.97 Å². The first kappa shape index (κ1) is 23.4. The normalized spacial score (nSPS) is 10.7. The number of aromatic amines is 1. The van der Waals surface area contributed by atoms with E-state index in [1.807, 2.05) is 44.2 Å². The highest BCUT2D eigenvalue weighted by Crippen LogP contribution is 2.36. The lowest BCUT2D eigenvalue weighted by Gasteiger charge is -2.09. The smallest absolute Gasteiger partial charge is 0.342 e. The van der Waals surface area contributed by atoms with Crippen molar-refractivity contribution in [3.63, 3.8) is 0 Å². The number of amides is 1. The van der Waals surface area contributed by atoms with E-state index in [2.05, 4.69) is 15.3 Å². The van der Waals surface area contributed by atoms with E-state index in [1.165, 1.54) is 17.4 Å². The number of fused-ring (bicyclic) bond motifs is 1. The van der Waals surface area contributed by atoms with E-state index in [4.69, 9.17) is 16.3 Å². The number of anilines is 1. The minimum Gasteiger partial charge on any atom is -0.454 e. The van der Waals surface area contributed by atoms with E-state index in [-0.39, 0.29) is 29.5 Å². The number of H-pyrrole nitrogens is 1. The number of carbonyl (C=O) groups excluding carboxylic acids is 2. The number of carbonyl (C=O) groups is 2. The Morgan fingerprint density at radius 2 is 1.94 bits per heavy atom. The zero-order valence-electron chi connectivity index (χ0n) is 18.3. The fraction of sp³-hybridized carbons (Fsp3) is 0.120. The number of ether oxygens (including phenoxy) is 1. The van der Waals surface area contributed by atoms with Gasteiger partial charge in [0.1, 0.15) is 23.0 Å². The van der Waals surface area contributed by atoms with Gasteiger partial charge in [0.15, 0.2) is 0 Å². The highest BCUT2D eigenvalue weighted by molar-refractivity contribution is 7.15. The molecule has 2 aromatic carbocycles. The highest BCUT2D eigenvalue weighted by Gasteiger charge is 2.23. The number of rotatable bonds is 6. The van der Waals surface area contributed by atoms with E-state index in [1.54, 1.807) is 23.6 Å². The summed E-state index contributed by atoms with van der Waals surface area (Å²) in [6, 6.07) is 14.1. The van der Waals surface area contributed by atoms with Crippen molar-refractivity contribution < 1.29 is 14.3 Å². The first-order valence-corrected chi connectivity index (χ1v) is 11.6. The molecule has 0 saturated carbocycles. The molecule has 1 amide bonds. The summed E-state index contributed by atoms with van der Waals surface area (Å²) >= 11 is 7.24. The van der Waals surface area contributed by atoms with E-state index < -0.39 is 5.97 Å². The molecule has 2 heterocycles. The summed E-state index contributed by atoms with van der Waals surface area (Å²) in [4.78, 5) is 44.8. The third-order valence-electron chi connectivity index (χ3n) is 4.79. The van der Waals surface area contributed by atoms with Crippen molar-refractivity contribution in [3.05, 3.63) is 92.3 Å². The van der Waals surface area contributed by atoms with Gasteiger partial charge in [-0.25, -0.2) is 9.78 Å². The molecule has 0 radical (unpaired) electrons. The van der Waals surface area contributed by atoms with Crippen molar-refractivity contribution >= 4 is 50.7 Å². The van der Waals surface area contributed by atoms with Gasteiger partial charge in [0.05, 0.1) is 10.9 Å². The zero-order chi connectivity index (χ0) is 24.2. The summed E-state index contributed by atoms with van der Waals surface area (Å²) < 4.78 is 5.51. The number of benzene rings is 2. The van der Waals surface area contributed by atoms with Crippen LogP contribution in [0.2, 0.25) is 5.02 Å². The molecule has 0 saturated heterocycles. The van der Waals surface area contributed by atoms with Gasteiger partial charge in [-0.15, -0.1) is 11.3 Å². The maximum absolute atomic E-state index is 13.2. The Hall–Kier alpha value is -3.75. The molecule has 2 aromatic heterocycles. The van der Waals surface area contributed by atoms with E-state index in [9.17, 15) is 14.4 Å². The molecule has 0 bridgehead atoms. The first-order valence-electron chi connectivity index (χ1n) is 10.3. The van der Waals surface area contributed by atoms with Crippen molar-refractivity contribution in [1.29, 1.82) is 0 Å². The molecule has 0 aliphatic rings. The van der Waals surface area contributed by atoms with Crippen molar-refractivity contribution in [1.82, 2.24) is 9.97 Å². The maximum Gasteiger partial charge on any atom is 0.342 e. The largest absolute Gasteiger partial charge is 0.454 e. The van der Waals surface area contributed by atoms with Gasteiger partial charge in [-0.1, -0.05) is 47.5 Å². The monoisotopic (exact) mass is 493 g/mol. The average Bonchev–Trinajstić information content (AvgIpc) is 3.20. The van der Waals surface area contributed by atoms with Gasteiger partial charge < -0.3 is 15.0 Å².